The molecule has 6 heteroatoms. The Morgan fingerprint density at radius 3 is 2.76 bits per heavy atom. The number of aryl methyl sites for hydroxylation is 1. The maximum atomic E-state index is 6.22. The minimum absolute atomic E-state index is 0.220. The van der Waals surface area contributed by atoms with Crippen molar-refractivity contribution in [1.29, 1.82) is 0 Å². The lowest BCUT2D eigenvalue weighted by molar-refractivity contribution is 0.256. The minimum Gasteiger partial charge on any atom is -0.482 e. The molecule has 0 fully saturated rings. The first kappa shape index (κ1) is 15.8. The molecule has 1 heterocycles. The van der Waals surface area contributed by atoms with Gasteiger partial charge in [0.15, 0.2) is 6.61 Å². The lowest BCUT2D eigenvalue weighted by atomic mass is 10.2. The van der Waals surface area contributed by atoms with Gasteiger partial charge in [0.1, 0.15) is 5.75 Å². The molecule has 114 valence electrons. The number of rotatable bonds is 8. The Morgan fingerprint density at radius 1 is 1.24 bits per heavy atom. The molecule has 1 N–H and O–H groups in total. The fraction of sp³-hybridized carbons (Fsp3) is 0.467. The van der Waals surface area contributed by atoms with Gasteiger partial charge in [-0.2, -0.15) is 0 Å². The zero-order valence-corrected chi connectivity index (χ0v) is 13.1. The Labute approximate surface area is 129 Å². The zero-order valence-electron chi connectivity index (χ0n) is 12.4. The van der Waals surface area contributed by atoms with Crippen LogP contribution in [0, 0.1) is 0 Å². The van der Waals surface area contributed by atoms with Crippen molar-refractivity contribution >= 4 is 11.6 Å². The second kappa shape index (κ2) is 8.00. The Balaban J connectivity index is 2.03. The third-order valence-corrected chi connectivity index (χ3v) is 3.24. The van der Waals surface area contributed by atoms with E-state index in [2.05, 4.69) is 22.4 Å². The van der Waals surface area contributed by atoms with E-state index >= 15 is 0 Å². The molecule has 0 aliphatic heterocycles. The molecule has 1 aromatic carbocycles. The van der Waals surface area contributed by atoms with E-state index < -0.39 is 0 Å². The molecular weight excluding hydrogens is 290 g/mol. The van der Waals surface area contributed by atoms with Gasteiger partial charge in [-0.3, -0.25) is 0 Å². The molecule has 2 rings (SSSR count). The highest BCUT2D eigenvalue weighted by Gasteiger charge is 2.11. The topological polar surface area (TPSA) is 60.2 Å². The van der Waals surface area contributed by atoms with Gasteiger partial charge in [-0.15, -0.1) is 10.2 Å². The molecule has 0 aliphatic rings. The van der Waals surface area contributed by atoms with Crippen LogP contribution in [0.2, 0.25) is 5.02 Å². The van der Waals surface area contributed by atoms with Gasteiger partial charge in [-0.1, -0.05) is 37.6 Å². The van der Waals surface area contributed by atoms with E-state index in [1.807, 2.05) is 25.1 Å². The highest BCUT2D eigenvalue weighted by Crippen LogP contribution is 2.29. The molecule has 2 aromatic rings. The summed E-state index contributed by atoms with van der Waals surface area (Å²) in [5.74, 6) is 1.73. The number of hydrogen-bond donors (Lipinski definition) is 1. The number of benzene rings is 1. The monoisotopic (exact) mass is 309 g/mol. The molecule has 21 heavy (non-hydrogen) atoms. The quantitative estimate of drug-likeness (QED) is 0.758. The summed E-state index contributed by atoms with van der Waals surface area (Å²) in [4.78, 5) is 0. The van der Waals surface area contributed by atoms with Gasteiger partial charge in [-0.25, -0.2) is 0 Å². The van der Waals surface area contributed by atoms with Crippen molar-refractivity contribution in [1.82, 2.24) is 15.5 Å². The largest absolute Gasteiger partial charge is 0.482 e. The highest BCUT2D eigenvalue weighted by molar-refractivity contribution is 6.32. The van der Waals surface area contributed by atoms with Crippen LogP contribution in [0.5, 0.6) is 5.75 Å². The van der Waals surface area contributed by atoms with Crippen molar-refractivity contribution in [3.63, 3.8) is 0 Å². The molecule has 0 bridgehead atoms. The number of aromatic nitrogens is 2. The number of halogens is 1. The van der Waals surface area contributed by atoms with Crippen molar-refractivity contribution in [2.45, 2.75) is 39.8 Å². The SMILES string of the molecule is CCCNCc1cccc(Cl)c1OCc1nnc(CC)o1. The van der Waals surface area contributed by atoms with E-state index in [9.17, 15) is 0 Å². The molecule has 0 spiro atoms. The fourth-order valence-electron chi connectivity index (χ4n) is 1.88. The van der Waals surface area contributed by atoms with Crippen molar-refractivity contribution < 1.29 is 9.15 Å². The average Bonchev–Trinajstić information content (AvgIpc) is 2.95. The Kier molecular flexibility index (Phi) is 6.02. The van der Waals surface area contributed by atoms with Crippen LogP contribution in [0.1, 0.15) is 37.6 Å². The first-order valence-corrected chi connectivity index (χ1v) is 7.54. The summed E-state index contributed by atoms with van der Waals surface area (Å²) in [5, 5.41) is 11.8. The summed E-state index contributed by atoms with van der Waals surface area (Å²) in [5.41, 5.74) is 1.02. The number of nitrogens with zero attached hydrogens (tertiary/aromatic N) is 2. The smallest absolute Gasteiger partial charge is 0.253 e. The van der Waals surface area contributed by atoms with Crippen molar-refractivity contribution in [2.24, 2.45) is 0 Å². The maximum absolute atomic E-state index is 6.22. The number of hydrogen-bond acceptors (Lipinski definition) is 5. The molecule has 0 atom stereocenters. The van der Waals surface area contributed by atoms with E-state index in [-0.39, 0.29) is 6.61 Å². The number of nitrogens with one attached hydrogen (secondary N) is 1. The van der Waals surface area contributed by atoms with Crippen LogP contribution < -0.4 is 10.1 Å². The van der Waals surface area contributed by atoms with Crippen molar-refractivity contribution in [3.05, 3.63) is 40.6 Å². The molecule has 0 saturated heterocycles. The minimum atomic E-state index is 0.220. The molecule has 1 aromatic heterocycles. The maximum Gasteiger partial charge on any atom is 0.253 e. The van der Waals surface area contributed by atoms with Gasteiger partial charge in [-0.05, 0) is 19.0 Å². The van der Waals surface area contributed by atoms with Gasteiger partial charge >= 0.3 is 0 Å². The predicted molar refractivity (Wildman–Crippen MR) is 81.5 cm³/mol. The van der Waals surface area contributed by atoms with Crippen LogP contribution in [0.15, 0.2) is 22.6 Å². The number of ether oxygens (including phenoxy) is 1. The molecule has 0 saturated carbocycles. The standard InChI is InChI=1S/C15H20ClN3O2/c1-3-8-17-9-11-6-5-7-12(16)15(11)20-10-14-19-18-13(4-2)21-14/h5-7,17H,3-4,8-10H2,1-2H3. The molecule has 0 amide bonds. The van der Waals surface area contributed by atoms with E-state index in [0.29, 0.717) is 35.5 Å². The van der Waals surface area contributed by atoms with Gasteiger partial charge in [0.25, 0.3) is 5.89 Å². The molecule has 0 unspecified atom stereocenters. The van der Waals surface area contributed by atoms with Crippen LogP contribution in [-0.2, 0) is 19.6 Å². The second-order valence-corrected chi connectivity index (χ2v) is 5.04. The Hall–Kier alpha value is -1.59. The van der Waals surface area contributed by atoms with Crippen LogP contribution in [0.4, 0.5) is 0 Å². The van der Waals surface area contributed by atoms with Crippen LogP contribution in [0.25, 0.3) is 0 Å². The Morgan fingerprint density at radius 2 is 2.05 bits per heavy atom. The summed E-state index contributed by atoms with van der Waals surface area (Å²) in [7, 11) is 0. The van der Waals surface area contributed by atoms with Crippen LogP contribution >= 0.6 is 11.6 Å². The highest BCUT2D eigenvalue weighted by atomic mass is 35.5. The summed E-state index contributed by atoms with van der Waals surface area (Å²) in [6.45, 7) is 5.98. The van der Waals surface area contributed by atoms with Gasteiger partial charge in [0.2, 0.25) is 5.89 Å². The fourth-order valence-corrected chi connectivity index (χ4v) is 2.13. The predicted octanol–water partition coefficient (Wildman–Crippen LogP) is 3.36. The van der Waals surface area contributed by atoms with E-state index in [1.54, 1.807) is 0 Å². The van der Waals surface area contributed by atoms with E-state index in [4.69, 9.17) is 20.8 Å². The zero-order chi connectivity index (χ0) is 15.1. The summed E-state index contributed by atoms with van der Waals surface area (Å²) >= 11 is 6.22. The van der Waals surface area contributed by atoms with Gasteiger partial charge in [0.05, 0.1) is 5.02 Å². The molecule has 0 aliphatic carbocycles. The average molecular weight is 310 g/mol. The van der Waals surface area contributed by atoms with Crippen molar-refractivity contribution in [2.75, 3.05) is 6.54 Å². The van der Waals surface area contributed by atoms with E-state index in [0.717, 1.165) is 18.5 Å². The number of para-hydroxylation sites is 1. The van der Waals surface area contributed by atoms with Gasteiger partial charge in [0, 0.05) is 18.5 Å². The molecule has 5 nitrogen and oxygen atoms in total. The van der Waals surface area contributed by atoms with E-state index in [1.165, 1.54) is 0 Å². The lowest BCUT2D eigenvalue weighted by Crippen LogP contribution is -2.14. The third-order valence-electron chi connectivity index (χ3n) is 2.94. The first-order valence-electron chi connectivity index (χ1n) is 7.16. The molecule has 0 radical (unpaired) electrons. The first-order chi connectivity index (χ1) is 10.2. The normalized spacial score (nSPS) is 10.8. The third kappa shape index (κ3) is 4.44. The molecular formula is C15H20ClN3O2. The Bertz CT molecular complexity index is 572. The lowest BCUT2D eigenvalue weighted by Gasteiger charge is -2.12. The van der Waals surface area contributed by atoms with Crippen LogP contribution in [-0.4, -0.2) is 16.7 Å². The van der Waals surface area contributed by atoms with Crippen molar-refractivity contribution in [3.8, 4) is 5.75 Å². The summed E-state index contributed by atoms with van der Waals surface area (Å²) in [6.07, 6.45) is 1.80. The summed E-state index contributed by atoms with van der Waals surface area (Å²) in [6, 6.07) is 5.72. The van der Waals surface area contributed by atoms with Gasteiger partial charge < -0.3 is 14.5 Å². The second-order valence-electron chi connectivity index (χ2n) is 4.64. The van der Waals surface area contributed by atoms with Crippen LogP contribution in [0.3, 0.4) is 0 Å². The summed E-state index contributed by atoms with van der Waals surface area (Å²) < 4.78 is 11.2.